The molecule has 0 bridgehead atoms. The van der Waals surface area contributed by atoms with E-state index in [1.807, 2.05) is 7.05 Å². The summed E-state index contributed by atoms with van der Waals surface area (Å²) >= 11 is 0. The van der Waals surface area contributed by atoms with Gasteiger partial charge in [-0.05, 0) is 58.3 Å². The standard InChI is InChI=1S/C17H35N5.HI/c1-16-7-4-12-22(15-16)17(18-2)19-8-5-10-21-11-6-9-20(3)13-14-21;/h16H,4-15H2,1-3H3,(H,18,19);1H. The van der Waals surface area contributed by atoms with E-state index in [9.17, 15) is 0 Å². The number of likely N-dealkylation sites (N-methyl/N-ethyl adjacent to an activating group) is 1. The van der Waals surface area contributed by atoms with Crippen LogP contribution in [0.3, 0.4) is 0 Å². The summed E-state index contributed by atoms with van der Waals surface area (Å²) in [5.41, 5.74) is 0. The van der Waals surface area contributed by atoms with Gasteiger partial charge in [0.15, 0.2) is 5.96 Å². The summed E-state index contributed by atoms with van der Waals surface area (Å²) < 4.78 is 0. The van der Waals surface area contributed by atoms with E-state index in [1.165, 1.54) is 58.4 Å². The molecule has 0 spiro atoms. The number of guanidine groups is 1. The van der Waals surface area contributed by atoms with Gasteiger partial charge < -0.3 is 20.0 Å². The fraction of sp³-hybridized carbons (Fsp3) is 0.941. The van der Waals surface area contributed by atoms with Crippen molar-refractivity contribution in [2.24, 2.45) is 10.9 Å². The van der Waals surface area contributed by atoms with Crippen molar-refractivity contribution in [2.75, 3.05) is 66.5 Å². The van der Waals surface area contributed by atoms with Gasteiger partial charge in [0.25, 0.3) is 0 Å². The summed E-state index contributed by atoms with van der Waals surface area (Å²) in [4.78, 5) is 11.9. The first-order chi connectivity index (χ1) is 10.7. The minimum absolute atomic E-state index is 0. The molecule has 2 aliphatic heterocycles. The smallest absolute Gasteiger partial charge is 0.193 e. The highest BCUT2D eigenvalue weighted by Crippen LogP contribution is 2.15. The second kappa shape index (κ2) is 11.5. The van der Waals surface area contributed by atoms with Crippen LogP contribution in [-0.2, 0) is 0 Å². The third-order valence-corrected chi connectivity index (χ3v) is 4.91. The molecule has 1 N–H and O–H groups in total. The van der Waals surface area contributed by atoms with Gasteiger partial charge in [0.2, 0.25) is 0 Å². The monoisotopic (exact) mass is 437 g/mol. The molecule has 0 amide bonds. The maximum absolute atomic E-state index is 4.47. The zero-order valence-corrected chi connectivity index (χ0v) is 17.6. The first kappa shape index (κ1) is 21.0. The highest BCUT2D eigenvalue weighted by molar-refractivity contribution is 14.0. The van der Waals surface area contributed by atoms with Gasteiger partial charge in [-0.25, -0.2) is 0 Å². The predicted molar refractivity (Wildman–Crippen MR) is 110 cm³/mol. The molecule has 23 heavy (non-hydrogen) atoms. The lowest BCUT2D eigenvalue weighted by Crippen LogP contribution is -2.46. The van der Waals surface area contributed by atoms with Crippen molar-refractivity contribution in [3.05, 3.63) is 0 Å². The SMILES string of the molecule is CN=C(NCCCN1CCCN(C)CC1)N1CCCC(C)C1.I. The van der Waals surface area contributed by atoms with Crippen LogP contribution in [0.1, 0.15) is 32.6 Å². The Morgan fingerprint density at radius 3 is 2.70 bits per heavy atom. The molecule has 2 heterocycles. The number of piperidine rings is 1. The molecule has 0 saturated carbocycles. The summed E-state index contributed by atoms with van der Waals surface area (Å²) in [6, 6.07) is 0. The summed E-state index contributed by atoms with van der Waals surface area (Å²) in [5, 5.41) is 3.56. The second-order valence-corrected chi connectivity index (χ2v) is 7.02. The highest BCUT2D eigenvalue weighted by Gasteiger charge is 2.19. The topological polar surface area (TPSA) is 34.1 Å². The summed E-state index contributed by atoms with van der Waals surface area (Å²) in [6.45, 7) is 11.8. The average Bonchev–Trinajstić information content (AvgIpc) is 2.72. The van der Waals surface area contributed by atoms with E-state index in [4.69, 9.17) is 0 Å². The highest BCUT2D eigenvalue weighted by atomic mass is 127. The molecule has 2 rings (SSSR count). The van der Waals surface area contributed by atoms with Crippen molar-refractivity contribution in [3.63, 3.8) is 0 Å². The fourth-order valence-electron chi connectivity index (χ4n) is 3.54. The maximum Gasteiger partial charge on any atom is 0.193 e. The van der Waals surface area contributed by atoms with Gasteiger partial charge in [0.05, 0.1) is 0 Å². The number of likely N-dealkylation sites (tertiary alicyclic amines) is 1. The Labute approximate surface area is 159 Å². The molecule has 5 nitrogen and oxygen atoms in total. The Hall–Kier alpha value is -0.0800. The molecule has 0 aromatic rings. The minimum atomic E-state index is 0. The van der Waals surface area contributed by atoms with Crippen molar-refractivity contribution in [3.8, 4) is 0 Å². The largest absolute Gasteiger partial charge is 0.356 e. The molecule has 136 valence electrons. The van der Waals surface area contributed by atoms with Crippen molar-refractivity contribution >= 4 is 29.9 Å². The lowest BCUT2D eigenvalue weighted by molar-refractivity contribution is 0.261. The summed E-state index contributed by atoms with van der Waals surface area (Å²) in [5.74, 6) is 1.89. The third kappa shape index (κ3) is 7.56. The van der Waals surface area contributed by atoms with Gasteiger partial charge in [-0.3, -0.25) is 4.99 Å². The van der Waals surface area contributed by atoms with Gasteiger partial charge in [-0.1, -0.05) is 6.92 Å². The zero-order chi connectivity index (χ0) is 15.8. The Balaban J connectivity index is 0.00000264. The van der Waals surface area contributed by atoms with E-state index < -0.39 is 0 Å². The zero-order valence-electron chi connectivity index (χ0n) is 15.3. The quantitative estimate of drug-likeness (QED) is 0.316. The first-order valence-corrected chi connectivity index (χ1v) is 9.05. The molecule has 2 saturated heterocycles. The fourth-order valence-corrected chi connectivity index (χ4v) is 3.54. The van der Waals surface area contributed by atoms with Crippen molar-refractivity contribution in [2.45, 2.75) is 32.6 Å². The van der Waals surface area contributed by atoms with Crippen molar-refractivity contribution < 1.29 is 0 Å². The second-order valence-electron chi connectivity index (χ2n) is 7.02. The third-order valence-electron chi connectivity index (χ3n) is 4.91. The number of halogens is 1. The van der Waals surface area contributed by atoms with Crippen LogP contribution in [0.25, 0.3) is 0 Å². The van der Waals surface area contributed by atoms with E-state index in [0.29, 0.717) is 0 Å². The molecule has 0 aromatic carbocycles. The van der Waals surface area contributed by atoms with Crippen LogP contribution in [-0.4, -0.2) is 87.1 Å². The van der Waals surface area contributed by atoms with Gasteiger partial charge >= 0.3 is 0 Å². The van der Waals surface area contributed by atoms with Crippen LogP contribution >= 0.6 is 24.0 Å². The molecule has 2 aliphatic rings. The van der Waals surface area contributed by atoms with Crippen LogP contribution < -0.4 is 5.32 Å². The average molecular weight is 437 g/mol. The van der Waals surface area contributed by atoms with Crippen molar-refractivity contribution in [1.29, 1.82) is 0 Å². The lowest BCUT2D eigenvalue weighted by Gasteiger charge is -2.33. The van der Waals surface area contributed by atoms with E-state index in [-0.39, 0.29) is 24.0 Å². The Kier molecular flexibility index (Phi) is 10.5. The summed E-state index contributed by atoms with van der Waals surface area (Å²) in [7, 11) is 4.14. The van der Waals surface area contributed by atoms with E-state index >= 15 is 0 Å². The van der Waals surface area contributed by atoms with Crippen molar-refractivity contribution in [1.82, 2.24) is 20.0 Å². The van der Waals surface area contributed by atoms with Gasteiger partial charge in [-0.15, -0.1) is 24.0 Å². The van der Waals surface area contributed by atoms with Crippen LogP contribution in [0.4, 0.5) is 0 Å². The van der Waals surface area contributed by atoms with Crippen LogP contribution in [0, 0.1) is 5.92 Å². The number of rotatable bonds is 4. The molecule has 1 unspecified atom stereocenters. The molecular formula is C17H36IN5. The van der Waals surface area contributed by atoms with Crippen LogP contribution in [0.15, 0.2) is 4.99 Å². The lowest BCUT2D eigenvalue weighted by atomic mass is 10.0. The summed E-state index contributed by atoms with van der Waals surface area (Å²) in [6.07, 6.45) is 5.16. The number of hydrogen-bond acceptors (Lipinski definition) is 3. The Morgan fingerprint density at radius 2 is 1.96 bits per heavy atom. The maximum atomic E-state index is 4.47. The number of nitrogens with zero attached hydrogens (tertiary/aromatic N) is 4. The first-order valence-electron chi connectivity index (χ1n) is 9.05. The van der Waals surface area contributed by atoms with Crippen LogP contribution in [0.2, 0.25) is 0 Å². The molecular weight excluding hydrogens is 401 g/mol. The van der Waals surface area contributed by atoms with E-state index in [0.717, 1.165) is 31.5 Å². The van der Waals surface area contributed by atoms with Crippen LogP contribution in [0.5, 0.6) is 0 Å². The predicted octanol–water partition coefficient (Wildman–Crippen LogP) is 1.94. The van der Waals surface area contributed by atoms with Gasteiger partial charge in [0, 0.05) is 39.8 Å². The molecule has 2 fully saturated rings. The molecule has 1 atom stereocenters. The Morgan fingerprint density at radius 1 is 1.13 bits per heavy atom. The number of hydrogen-bond donors (Lipinski definition) is 1. The normalized spacial score (nSPS) is 24.9. The number of aliphatic imine (C=N–C) groups is 1. The molecule has 0 aromatic heterocycles. The molecule has 0 radical (unpaired) electrons. The molecule has 6 heteroatoms. The Bertz CT molecular complexity index is 350. The van der Waals surface area contributed by atoms with E-state index in [1.54, 1.807) is 0 Å². The van der Waals surface area contributed by atoms with E-state index in [2.05, 4.69) is 39.0 Å². The van der Waals surface area contributed by atoms with Gasteiger partial charge in [-0.2, -0.15) is 0 Å². The minimum Gasteiger partial charge on any atom is -0.356 e. The number of nitrogens with one attached hydrogen (secondary N) is 1. The molecule has 0 aliphatic carbocycles. The van der Waals surface area contributed by atoms with Gasteiger partial charge in [0.1, 0.15) is 0 Å².